The van der Waals surface area contributed by atoms with Gasteiger partial charge in [0.2, 0.25) is 11.9 Å². The number of piperazine rings is 1. The van der Waals surface area contributed by atoms with Gasteiger partial charge in [0.25, 0.3) is 0 Å². The molecule has 0 saturated carbocycles. The molecule has 1 aliphatic rings. The number of primary amides is 1. The van der Waals surface area contributed by atoms with Crippen LogP contribution in [0, 0.1) is 6.92 Å². The minimum atomic E-state index is -0.297. The van der Waals surface area contributed by atoms with Crippen molar-refractivity contribution in [2.75, 3.05) is 36.4 Å². The van der Waals surface area contributed by atoms with Crippen molar-refractivity contribution in [3.8, 4) is 0 Å². The van der Waals surface area contributed by atoms with Crippen molar-refractivity contribution < 1.29 is 4.79 Å². The fraction of sp³-hybridized carbons (Fsp3) is 0.500. The van der Waals surface area contributed by atoms with E-state index in [2.05, 4.69) is 66.0 Å². The van der Waals surface area contributed by atoms with Crippen LogP contribution in [0.15, 0.2) is 24.5 Å². The third-order valence-corrected chi connectivity index (χ3v) is 6.47. The molecule has 0 radical (unpaired) electrons. The highest BCUT2D eigenvalue weighted by Gasteiger charge is 2.26. The second-order valence-electron chi connectivity index (χ2n) is 9.91. The number of nitrogens with one attached hydrogen (secondary N) is 1. The molecule has 3 aromatic rings. The Morgan fingerprint density at radius 2 is 1.85 bits per heavy atom. The molecule has 1 aromatic carbocycles. The summed E-state index contributed by atoms with van der Waals surface area (Å²) in [6, 6.07) is 6.24. The molecule has 9 heteroatoms. The van der Waals surface area contributed by atoms with E-state index in [4.69, 9.17) is 15.7 Å². The number of benzene rings is 1. The van der Waals surface area contributed by atoms with E-state index in [-0.39, 0.29) is 17.4 Å². The van der Waals surface area contributed by atoms with Crippen molar-refractivity contribution in [3.63, 3.8) is 0 Å². The van der Waals surface area contributed by atoms with Crippen LogP contribution in [0.25, 0.3) is 11.2 Å². The van der Waals surface area contributed by atoms with Gasteiger partial charge < -0.3 is 20.5 Å². The maximum absolute atomic E-state index is 11.6. The van der Waals surface area contributed by atoms with Gasteiger partial charge in [-0.1, -0.05) is 32.9 Å². The number of aromatic nitrogens is 4. The van der Waals surface area contributed by atoms with Crippen LogP contribution in [0.1, 0.15) is 38.8 Å². The first-order chi connectivity index (χ1) is 15.5. The molecule has 2 aromatic heterocycles. The Labute approximate surface area is 195 Å². The van der Waals surface area contributed by atoms with Gasteiger partial charge in [0.15, 0.2) is 11.5 Å². The highest BCUT2D eigenvalue weighted by Crippen LogP contribution is 2.31. The van der Waals surface area contributed by atoms with Crippen LogP contribution in [-0.2, 0) is 17.3 Å². The zero-order chi connectivity index (χ0) is 23.9. The lowest BCUT2D eigenvalue weighted by atomic mass is 9.86. The molecule has 9 nitrogen and oxygen atoms in total. The molecule has 4 rings (SSSR count). The number of rotatable bonds is 5. The molecule has 1 fully saturated rings. The van der Waals surface area contributed by atoms with Crippen LogP contribution < -0.4 is 16.0 Å². The molecule has 1 amide bonds. The van der Waals surface area contributed by atoms with E-state index in [9.17, 15) is 4.79 Å². The van der Waals surface area contributed by atoms with Gasteiger partial charge in [-0.05, 0) is 36.5 Å². The third-order valence-electron chi connectivity index (χ3n) is 6.47. The van der Waals surface area contributed by atoms with Crippen LogP contribution in [0.4, 0.5) is 17.5 Å². The maximum atomic E-state index is 11.6. The van der Waals surface area contributed by atoms with E-state index in [1.54, 1.807) is 6.33 Å². The summed E-state index contributed by atoms with van der Waals surface area (Å²) in [5.74, 6) is 1.07. The molecule has 1 unspecified atom stereocenters. The van der Waals surface area contributed by atoms with Gasteiger partial charge in [-0.2, -0.15) is 9.97 Å². The Morgan fingerprint density at radius 1 is 1.15 bits per heavy atom. The van der Waals surface area contributed by atoms with Crippen LogP contribution in [0.3, 0.4) is 0 Å². The van der Waals surface area contributed by atoms with Crippen molar-refractivity contribution in [2.24, 2.45) is 12.8 Å². The van der Waals surface area contributed by atoms with Crippen LogP contribution in [-0.4, -0.2) is 62.5 Å². The molecule has 1 saturated heterocycles. The van der Waals surface area contributed by atoms with Crippen molar-refractivity contribution in [1.29, 1.82) is 0 Å². The quantitative estimate of drug-likeness (QED) is 0.616. The molecular weight excluding hydrogens is 416 g/mol. The van der Waals surface area contributed by atoms with Crippen LogP contribution in [0.5, 0.6) is 0 Å². The number of hydrogen-bond donors (Lipinski definition) is 2. The summed E-state index contributed by atoms with van der Waals surface area (Å²) in [6.07, 6.45) is 1.76. The molecule has 1 atom stereocenters. The largest absolute Gasteiger partial charge is 0.368 e. The average molecular weight is 451 g/mol. The van der Waals surface area contributed by atoms with E-state index in [0.29, 0.717) is 24.7 Å². The van der Waals surface area contributed by atoms with Crippen molar-refractivity contribution in [1.82, 2.24) is 24.4 Å². The number of hydrogen-bond acceptors (Lipinski definition) is 7. The Morgan fingerprint density at radius 3 is 2.48 bits per heavy atom. The summed E-state index contributed by atoms with van der Waals surface area (Å²) in [5, 5.41) is 3.57. The highest BCUT2D eigenvalue weighted by atomic mass is 16.1. The van der Waals surface area contributed by atoms with E-state index >= 15 is 0 Å². The van der Waals surface area contributed by atoms with Gasteiger partial charge in [-0.15, -0.1) is 0 Å². The maximum Gasteiger partial charge on any atom is 0.234 e. The smallest absolute Gasteiger partial charge is 0.234 e. The predicted molar refractivity (Wildman–Crippen MR) is 132 cm³/mol. The molecule has 33 heavy (non-hydrogen) atoms. The van der Waals surface area contributed by atoms with Gasteiger partial charge in [-0.25, -0.2) is 4.98 Å². The van der Waals surface area contributed by atoms with Crippen molar-refractivity contribution in [3.05, 3.63) is 35.7 Å². The molecule has 3 N–H and O–H groups in total. The Bertz CT molecular complexity index is 1170. The van der Waals surface area contributed by atoms with E-state index in [1.165, 1.54) is 5.56 Å². The van der Waals surface area contributed by atoms with E-state index < -0.39 is 0 Å². The minimum absolute atomic E-state index is 0.0462. The normalized spacial score (nSPS) is 16.2. The van der Waals surface area contributed by atoms with Crippen LogP contribution in [0.2, 0.25) is 0 Å². The molecule has 176 valence electrons. The Hall–Kier alpha value is -3.20. The number of carbonyl (C=O) groups excluding carboxylic acids is 1. The third kappa shape index (κ3) is 4.64. The first-order valence-electron chi connectivity index (χ1n) is 11.4. The minimum Gasteiger partial charge on any atom is -0.368 e. The van der Waals surface area contributed by atoms with E-state index in [0.717, 1.165) is 35.7 Å². The van der Waals surface area contributed by atoms with E-state index in [1.807, 2.05) is 18.5 Å². The van der Waals surface area contributed by atoms with Gasteiger partial charge in [0.1, 0.15) is 5.52 Å². The number of anilines is 3. The monoisotopic (exact) mass is 450 g/mol. The lowest BCUT2D eigenvalue weighted by molar-refractivity contribution is -0.122. The fourth-order valence-corrected chi connectivity index (χ4v) is 4.11. The Balaban J connectivity index is 1.66. The Kier molecular flexibility index (Phi) is 6.00. The number of nitrogens with zero attached hydrogens (tertiary/aromatic N) is 6. The number of carbonyl (C=O) groups is 1. The molecular formula is C24H34N8O. The second kappa shape index (κ2) is 8.62. The van der Waals surface area contributed by atoms with Gasteiger partial charge >= 0.3 is 0 Å². The standard InChI is InChI=1S/C24H34N8O/c1-15-7-8-17(24(3,4)5)13-18(15)27-22-19-21(26-14-30(19)6)28-23(29-22)32-11-9-31(10-12-32)16(2)20(25)33/h7-8,13-14,16H,9-12H2,1-6H3,(H2,25,33)(H,27,28,29). The van der Waals surface area contributed by atoms with Gasteiger partial charge in [-0.3, -0.25) is 9.69 Å². The van der Waals surface area contributed by atoms with Gasteiger partial charge in [0, 0.05) is 38.9 Å². The summed E-state index contributed by atoms with van der Waals surface area (Å²) >= 11 is 0. The average Bonchev–Trinajstić information content (AvgIpc) is 3.15. The topological polar surface area (TPSA) is 105 Å². The lowest BCUT2D eigenvalue weighted by Crippen LogP contribution is -2.53. The number of aryl methyl sites for hydroxylation is 2. The highest BCUT2D eigenvalue weighted by molar-refractivity contribution is 5.87. The first kappa shape index (κ1) is 23.0. The SMILES string of the molecule is Cc1ccc(C(C)(C)C)cc1Nc1nc(N2CCN(C(C)C(N)=O)CC2)nc2ncn(C)c12. The summed E-state index contributed by atoms with van der Waals surface area (Å²) in [4.78, 5) is 29.9. The van der Waals surface area contributed by atoms with Crippen molar-refractivity contribution >= 4 is 34.5 Å². The number of nitrogens with two attached hydrogens (primary N) is 1. The van der Waals surface area contributed by atoms with Crippen molar-refractivity contribution in [2.45, 2.75) is 46.1 Å². The number of fused-ring (bicyclic) bond motifs is 1. The second-order valence-corrected chi connectivity index (χ2v) is 9.91. The summed E-state index contributed by atoms with van der Waals surface area (Å²) in [5.41, 5.74) is 10.5. The summed E-state index contributed by atoms with van der Waals surface area (Å²) in [7, 11) is 1.95. The molecule has 3 heterocycles. The molecule has 0 bridgehead atoms. The summed E-state index contributed by atoms with van der Waals surface area (Å²) < 4.78 is 1.94. The van der Waals surface area contributed by atoms with Gasteiger partial charge in [0.05, 0.1) is 12.4 Å². The zero-order valence-corrected chi connectivity index (χ0v) is 20.4. The fourth-order valence-electron chi connectivity index (χ4n) is 4.11. The van der Waals surface area contributed by atoms with Crippen LogP contribution >= 0.6 is 0 Å². The predicted octanol–water partition coefficient (Wildman–Crippen LogP) is 2.71. The lowest BCUT2D eigenvalue weighted by Gasteiger charge is -2.37. The molecule has 0 spiro atoms. The first-order valence-corrected chi connectivity index (χ1v) is 11.4. The molecule has 1 aliphatic heterocycles. The number of amides is 1. The molecule has 0 aliphatic carbocycles. The summed E-state index contributed by atoms with van der Waals surface area (Å²) in [6.45, 7) is 13.5. The number of imidazole rings is 1. The zero-order valence-electron chi connectivity index (χ0n) is 20.4.